The molecule has 1 saturated heterocycles. The Kier molecular flexibility index (Phi) is 1.65. The van der Waals surface area contributed by atoms with Crippen molar-refractivity contribution >= 4 is 17.0 Å². The molecule has 2 aromatic rings. The Morgan fingerprint density at radius 1 is 1.71 bits per heavy atom. The molecule has 0 aliphatic carbocycles. The lowest BCUT2D eigenvalue weighted by Gasteiger charge is -2.09. The topological polar surface area (TPSA) is 57.4 Å². The van der Waals surface area contributed by atoms with Crippen molar-refractivity contribution in [3.05, 3.63) is 35.5 Å². The summed E-state index contributed by atoms with van der Waals surface area (Å²) >= 11 is 0. The lowest BCUT2D eigenvalue weighted by atomic mass is 10.0. The van der Waals surface area contributed by atoms with Crippen LogP contribution in [0.15, 0.2) is 24.4 Å². The summed E-state index contributed by atoms with van der Waals surface area (Å²) in [6, 6.07) is 2.48. The SMILES string of the molecule is [2H]c1c(C([2H])([2H])C([2H])([2H])N(C)C([2H])([2H])[2H])c2cc(C[C@@]3([2H])COC(=O)N3[2H])ccc2n1[2H]. The molecule has 1 atom stereocenters. The third-order valence-corrected chi connectivity index (χ3v) is 2.99. The lowest BCUT2D eigenvalue weighted by Crippen LogP contribution is -2.28. The highest BCUT2D eigenvalue weighted by Gasteiger charge is 2.22. The summed E-state index contributed by atoms with van der Waals surface area (Å²) in [7, 11) is 0.906. The fourth-order valence-electron chi connectivity index (χ4n) is 2.07. The molecule has 1 amide bonds. The van der Waals surface area contributed by atoms with Crippen molar-refractivity contribution in [3.63, 3.8) is 0 Å². The van der Waals surface area contributed by atoms with E-state index in [0.29, 0.717) is 15.9 Å². The van der Waals surface area contributed by atoms with Gasteiger partial charge in [-0.15, -0.1) is 0 Å². The van der Waals surface area contributed by atoms with Crippen LogP contribution in [-0.2, 0) is 17.5 Å². The number of amides is 1. The van der Waals surface area contributed by atoms with Gasteiger partial charge in [-0.3, -0.25) is 0 Å². The molecular weight excluding hydrogens is 266 g/mol. The van der Waals surface area contributed by atoms with Gasteiger partial charge in [0.05, 0.1) is 8.76 Å². The maximum Gasteiger partial charge on any atom is 0.407 e. The number of H-pyrrole nitrogens is 1. The molecule has 21 heavy (non-hydrogen) atoms. The number of aryl methyl sites for hydroxylation is 1. The molecular formula is C16H21N3O2. The number of aromatic amines is 1. The predicted octanol–water partition coefficient (Wildman–Crippen LogP) is 1.92. The Bertz CT molecular complexity index is 1070. The second-order valence-corrected chi connectivity index (χ2v) is 4.66. The molecule has 0 spiro atoms. The van der Waals surface area contributed by atoms with Crippen LogP contribution >= 0.6 is 0 Å². The van der Waals surface area contributed by atoms with Gasteiger partial charge in [-0.25, -0.2) is 4.79 Å². The number of cyclic esters (lactones) is 1. The summed E-state index contributed by atoms with van der Waals surface area (Å²) in [4.78, 5) is 12.3. The van der Waals surface area contributed by atoms with Crippen molar-refractivity contribution < 1.29 is 24.7 Å². The van der Waals surface area contributed by atoms with E-state index < -0.39 is 43.7 Å². The van der Waals surface area contributed by atoms with Gasteiger partial charge in [0.1, 0.15) is 6.61 Å². The molecule has 0 saturated carbocycles. The number of rotatable bonds is 5. The normalized spacial score (nSPS) is 31.8. The van der Waals surface area contributed by atoms with Gasteiger partial charge >= 0.3 is 6.09 Å². The van der Waals surface area contributed by atoms with Crippen LogP contribution in [-0.4, -0.2) is 49.1 Å². The zero-order valence-electron chi connectivity index (χ0n) is 22.3. The minimum absolute atomic E-state index is 0.0133. The van der Waals surface area contributed by atoms with Crippen molar-refractivity contribution in [1.29, 1.82) is 0 Å². The Balaban J connectivity index is 2.14. The summed E-state index contributed by atoms with van der Waals surface area (Å²) in [5.74, 6) is 0. The first-order valence-electron chi connectivity index (χ1n) is 11.7. The number of nitrogens with zero attached hydrogens (tertiary/aromatic N) is 1. The van der Waals surface area contributed by atoms with E-state index in [1.807, 2.05) is 0 Å². The van der Waals surface area contributed by atoms with E-state index in [9.17, 15) is 4.79 Å². The van der Waals surface area contributed by atoms with Gasteiger partial charge in [-0.2, -0.15) is 0 Å². The zero-order valence-corrected chi connectivity index (χ0v) is 11.3. The largest absolute Gasteiger partial charge is 0.447 e. The number of alkyl carbamates (subject to hydrolysis) is 1. The summed E-state index contributed by atoms with van der Waals surface area (Å²) in [5, 5.41) is 0.369. The number of benzene rings is 1. The van der Waals surface area contributed by atoms with Gasteiger partial charge in [0.15, 0.2) is 2.82 Å². The quantitative estimate of drug-likeness (QED) is 0.887. The number of aromatic nitrogens is 1. The van der Waals surface area contributed by atoms with Gasteiger partial charge in [-0.05, 0) is 50.1 Å². The molecule has 0 bridgehead atoms. The van der Waals surface area contributed by atoms with Gasteiger partial charge in [0, 0.05) is 33.2 Å². The molecule has 1 aromatic heterocycles. The number of carbonyl (C=O) groups is 1. The molecule has 0 unspecified atom stereocenters. The minimum atomic E-state index is -3.08. The van der Waals surface area contributed by atoms with Crippen molar-refractivity contribution in [1.82, 2.24) is 15.2 Å². The Labute approximate surface area is 139 Å². The van der Waals surface area contributed by atoms with Gasteiger partial charge in [0.2, 0.25) is 0 Å². The van der Waals surface area contributed by atoms with E-state index in [4.69, 9.17) is 19.9 Å². The smallest absolute Gasteiger partial charge is 0.407 e. The van der Waals surface area contributed by atoms with E-state index >= 15 is 0 Å². The van der Waals surface area contributed by atoms with E-state index in [0.717, 1.165) is 7.05 Å². The Hall–Kier alpha value is -2.01. The zero-order chi connectivity index (χ0) is 24.4. The van der Waals surface area contributed by atoms with Crippen LogP contribution in [0.5, 0.6) is 0 Å². The third-order valence-electron chi connectivity index (χ3n) is 2.99. The van der Waals surface area contributed by atoms with Crippen molar-refractivity contribution in [2.75, 3.05) is 27.1 Å². The first-order valence-corrected chi connectivity index (χ1v) is 6.28. The standard InChI is InChI=1S/C16H21N3O2/c1-19(2)6-5-12-9-17-15-4-3-11(8-14(12)15)7-13-10-21-16(20)18-13/h3-4,8-9,13,17H,5-7,10H2,1-2H3,(H,18,20)/t13-/m0/s1/i1D3,5D2,6D2,9D,13D/hD2. The van der Waals surface area contributed by atoms with E-state index in [1.54, 1.807) is 0 Å². The van der Waals surface area contributed by atoms with E-state index in [-0.39, 0.29) is 28.8 Å². The van der Waals surface area contributed by atoms with Crippen molar-refractivity contribution in [2.24, 2.45) is 0 Å². The summed E-state index contributed by atoms with van der Waals surface area (Å²) in [5.41, 5.74) is -0.0909. The minimum Gasteiger partial charge on any atom is -0.447 e. The van der Waals surface area contributed by atoms with Crippen LogP contribution in [0.1, 0.15) is 23.5 Å². The average Bonchev–Trinajstić information content (AvgIpc) is 3.08. The maximum absolute atomic E-state index is 11.5. The summed E-state index contributed by atoms with van der Waals surface area (Å²) < 4.78 is 92.8. The van der Waals surface area contributed by atoms with Crippen LogP contribution in [0, 0.1) is 0 Å². The number of likely N-dealkylation sites (N-methyl/N-ethyl adjacent to an activating group) is 1. The van der Waals surface area contributed by atoms with Crippen LogP contribution in [0.4, 0.5) is 4.79 Å². The second-order valence-electron chi connectivity index (χ2n) is 4.66. The number of hydrogen-bond acceptors (Lipinski definition) is 3. The molecule has 1 aliphatic rings. The number of fused-ring (bicyclic) bond motifs is 1. The Morgan fingerprint density at radius 2 is 2.62 bits per heavy atom. The number of nitrogens with one attached hydrogen (secondary N) is 2. The van der Waals surface area contributed by atoms with Crippen LogP contribution < -0.4 is 5.31 Å². The molecule has 1 aliphatic heterocycles. The molecule has 5 heteroatoms. The summed E-state index contributed by atoms with van der Waals surface area (Å²) in [6.45, 7) is -6.41. The number of hydrogen-bond donors (Lipinski definition) is 2. The van der Waals surface area contributed by atoms with Crippen LogP contribution in [0.25, 0.3) is 10.9 Å². The predicted molar refractivity (Wildman–Crippen MR) is 82.5 cm³/mol. The number of ether oxygens (including phenoxy) is 1. The summed E-state index contributed by atoms with van der Waals surface area (Å²) in [6.07, 6.45) is -4.85. The highest BCUT2D eigenvalue weighted by Crippen LogP contribution is 2.21. The third kappa shape index (κ3) is 3.19. The molecule has 5 nitrogen and oxygen atoms in total. The highest BCUT2D eigenvalue weighted by atomic mass is 16.6. The molecule has 112 valence electrons. The van der Waals surface area contributed by atoms with Crippen molar-refractivity contribution in [3.8, 4) is 0 Å². The number of carbonyl (C=O) groups excluding carboxylic acids is 1. The first kappa shape index (κ1) is 6.01. The highest BCUT2D eigenvalue weighted by molar-refractivity contribution is 5.84. The first-order chi connectivity index (χ1) is 14.4. The fraction of sp³-hybridized carbons (Fsp3) is 0.438. The van der Waals surface area contributed by atoms with E-state index in [1.165, 1.54) is 18.2 Å². The Morgan fingerprint density at radius 3 is 3.38 bits per heavy atom. The lowest BCUT2D eigenvalue weighted by molar-refractivity contribution is 0.177. The average molecular weight is 298 g/mol. The fourth-order valence-corrected chi connectivity index (χ4v) is 2.07. The monoisotopic (exact) mass is 298 g/mol. The maximum atomic E-state index is 11.5. The van der Waals surface area contributed by atoms with Gasteiger partial charge < -0.3 is 19.9 Å². The molecule has 2 heterocycles. The molecule has 2 N–H and O–H groups in total. The second kappa shape index (κ2) is 5.77. The molecule has 3 rings (SSSR count). The van der Waals surface area contributed by atoms with Crippen LogP contribution in [0.3, 0.4) is 0 Å². The van der Waals surface area contributed by atoms with Gasteiger partial charge in [-0.1, -0.05) is 6.07 Å². The van der Waals surface area contributed by atoms with Crippen LogP contribution in [0.2, 0.25) is 2.82 Å². The molecule has 1 fully saturated rings. The molecule has 0 radical (unpaired) electrons. The van der Waals surface area contributed by atoms with Gasteiger partial charge in [0.25, 0.3) is 0 Å². The van der Waals surface area contributed by atoms with E-state index in [2.05, 4.69) is 0 Å². The molecule has 1 aromatic carbocycles. The van der Waals surface area contributed by atoms with Crippen molar-refractivity contribution in [2.45, 2.75) is 18.8 Å².